The molecule has 0 radical (unpaired) electrons. The second kappa shape index (κ2) is 9.36. The van der Waals surface area contributed by atoms with Crippen LogP contribution in [-0.4, -0.2) is 16.7 Å². The largest absolute Gasteiger partial charge is 0.455 e. The summed E-state index contributed by atoms with van der Waals surface area (Å²) in [5.41, 5.74) is 9.41. The standard InChI is InChI=1S/C25H26N4O2S/c1-15-12-13-19(14-16(15)2)26-24(30)23-17(3)22-20(10-7-11-21(22)31-23)28-29-25(32)27-18-8-5-4-6-9-18/h4-6,8-9,12-14H,7,10-11H2,1-3H3,(H,26,30)(H2,27,29,32)/b28-20+. The van der Waals surface area contributed by atoms with Crippen LogP contribution >= 0.6 is 12.2 Å². The normalized spacial score (nSPS) is 14.0. The minimum absolute atomic E-state index is 0.256. The Hall–Kier alpha value is -3.45. The number of hydrazone groups is 1. The molecule has 4 rings (SSSR count). The monoisotopic (exact) mass is 446 g/mol. The summed E-state index contributed by atoms with van der Waals surface area (Å²) in [5, 5.41) is 11.0. The van der Waals surface area contributed by atoms with Crippen LogP contribution in [-0.2, 0) is 6.42 Å². The molecule has 164 valence electrons. The zero-order valence-electron chi connectivity index (χ0n) is 18.4. The SMILES string of the molecule is Cc1ccc(NC(=O)c2oc3c(c2C)/C(=N/NC(=S)Nc2ccccc2)CCC3)cc1C. The summed E-state index contributed by atoms with van der Waals surface area (Å²) in [6.07, 6.45) is 2.46. The van der Waals surface area contributed by atoms with E-state index in [0.717, 1.165) is 58.8 Å². The number of hydrogen-bond acceptors (Lipinski definition) is 4. The summed E-state index contributed by atoms with van der Waals surface area (Å²) in [5.74, 6) is 0.864. The molecular formula is C25H26N4O2S. The molecule has 0 bridgehead atoms. The van der Waals surface area contributed by atoms with Gasteiger partial charge in [-0.05, 0) is 81.2 Å². The van der Waals surface area contributed by atoms with Crippen molar-refractivity contribution in [2.24, 2.45) is 5.10 Å². The lowest BCUT2D eigenvalue weighted by atomic mass is 9.93. The van der Waals surface area contributed by atoms with Crippen LogP contribution in [0, 0.1) is 20.8 Å². The molecule has 0 saturated carbocycles. The highest BCUT2D eigenvalue weighted by molar-refractivity contribution is 7.80. The first-order valence-electron chi connectivity index (χ1n) is 10.6. The molecule has 0 spiro atoms. The Bertz CT molecular complexity index is 1200. The fourth-order valence-corrected chi connectivity index (χ4v) is 3.97. The van der Waals surface area contributed by atoms with Gasteiger partial charge < -0.3 is 15.1 Å². The van der Waals surface area contributed by atoms with E-state index >= 15 is 0 Å². The van der Waals surface area contributed by atoms with Gasteiger partial charge in [0.15, 0.2) is 10.9 Å². The van der Waals surface area contributed by atoms with Crippen molar-refractivity contribution in [1.82, 2.24) is 5.43 Å². The first-order valence-corrected chi connectivity index (χ1v) is 11.0. The predicted octanol–water partition coefficient (Wildman–Crippen LogP) is 5.48. The molecule has 7 heteroatoms. The van der Waals surface area contributed by atoms with Crippen molar-refractivity contribution < 1.29 is 9.21 Å². The highest BCUT2D eigenvalue weighted by Crippen LogP contribution is 2.30. The van der Waals surface area contributed by atoms with Gasteiger partial charge in [-0.25, -0.2) is 0 Å². The third kappa shape index (κ3) is 4.73. The number of hydrogen-bond donors (Lipinski definition) is 3. The molecule has 0 unspecified atom stereocenters. The Labute approximate surface area is 193 Å². The molecule has 0 fully saturated rings. The van der Waals surface area contributed by atoms with E-state index in [1.54, 1.807) is 0 Å². The van der Waals surface area contributed by atoms with Crippen molar-refractivity contribution in [1.29, 1.82) is 0 Å². The molecule has 3 aromatic rings. The molecule has 32 heavy (non-hydrogen) atoms. The van der Waals surface area contributed by atoms with E-state index in [1.165, 1.54) is 5.56 Å². The molecule has 0 aliphatic heterocycles. The van der Waals surface area contributed by atoms with Gasteiger partial charge in [-0.1, -0.05) is 24.3 Å². The van der Waals surface area contributed by atoms with Crippen LogP contribution in [0.5, 0.6) is 0 Å². The van der Waals surface area contributed by atoms with Crippen LogP contribution in [0.2, 0.25) is 0 Å². The van der Waals surface area contributed by atoms with Gasteiger partial charge in [0.25, 0.3) is 5.91 Å². The van der Waals surface area contributed by atoms with Gasteiger partial charge in [0.1, 0.15) is 5.76 Å². The second-order valence-electron chi connectivity index (χ2n) is 7.95. The summed E-state index contributed by atoms with van der Waals surface area (Å²) in [7, 11) is 0. The number of anilines is 2. The number of furan rings is 1. The Morgan fingerprint density at radius 2 is 1.75 bits per heavy atom. The number of benzene rings is 2. The van der Waals surface area contributed by atoms with Gasteiger partial charge in [0.2, 0.25) is 0 Å². The lowest BCUT2D eigenvalue weighted by molar-refractivity contribution is 0.0994. The molecular weight excluding hydrogens is 420 g/mol. The molecule has 1 amide bonds. The van der Waals surface area contributed by atoms with Crippen molar-refractivity contribution >= 4 is 40.3 Å². The summed E-state index contributed by atoms with van der Waals surface area (Å²) in [6, 6.07) is 15.5. The Kier molecular flexibility index (Phi) is 6.37. The highest BCUT2D eigenvalue weighted by Gasteiger charge is 2.28. The van der Waals surface area contributed by atoms with Gasteiger partial charge in [-0.15, -0.1) is 0 Å². The van der Waals surface area contributed by atoms with Gasteiger partial charge in [-0.2, -0.15) is 5.10 Å². The third-order valence-electron chi connectivity index (χ3n) is 5.62. The Morgan fingerprint density at radius 1 is 0.969 bits per heavy atom. The van der Waals surface area contributed by atoms with E-state index in [4.69, 9.17) is 16.6 Å². The van der Waals surface area contributed by atoms with Crippen molar-refractivity contribution in [2.75, 3.05) is 10.6 Å². The minimum Gasteiger partial charge on any atom is -0.455 e. The second-order valence-corrected chi connectivity index (χ2v) is 8.36. The van der Waals surface area contributed by atoms with Crippen LogP contribution in [0.1, 0.15) is 51.4 Å². The van der Waals surface area contributed by atoms with Crippen molar-refractivity contribution in [3.05, 3.63) is 82.3 Å². The number of fused-ring (bicyclic) bond motifs is 1. The number of nitrogens with zero attached hydrogens (tertiary/aromatic N) is 1. The number of aryl methyl sites for hydroxylation is 3. The molecule has 1 aliphatic rings. The quantitative estimate of drug-likeness (QED) is 0.365. The number of rotatable bonds is 4. The first-order chi connectivity index (χ1) is 15.4. The van der Waals surface area contributed by atoms with Crippen molar-refractivity contribution in [3.63, 3.8) is 0 Å². The molecule has 3 N–H and O–H groups in total. The molecule has 1 heterocycles. The molecule has 2 aromatic carbocycles. The lowest BCUT2D eigenvalue weighted by Crippen LogP contribution is -2.26. The van der Waals surface area contributed by atoms with Crippen LogP contribution in [0.3, 0.4) is 0 Å². The summed E-state index contributed by atoms with van der Waals surface area (Å²) in [6.45, 7) is 5.97. The van der Waals surface area contributed by atoms with E-state index in [2.05, 4.69) is 21.2 Å². The summed E-state index contributed by atoms with van der Waals surface area (Å²) >= 11 is 5.36. The highest BCUT2D eigenvalue weighted by atomic mass is 32.1. The van der Waals surface area contributed by atoms with Crippen molar-refractivity contribution in [3.8, 4) is 0 Å². The summed E-state index contributed by atoms with van der Waals surface area (Å²) in [4.78, 5) is 12.9. The van der Waals surface area contributed by atoms with Gasteiger partial charge >= 0.3 is 0 Å². The molecule has 0 atom stereocenters. The van der Waals surface area contributed by atoms with Gasteiger partial charge in [0.05, 0.1) is 5.71 Å². The van der Waals surface area contributed by atoms with Crippen LogP contribution in [0.15, 0.2) is 58.0 Å². The van der Waals surface area contributed by atoms with Crippen molar-refractivity contribution in [2.45, 2.75) is 40.0 Å². The van der Waals surface area contributed by atoms with Gasteiger partial charge in [-0.3, -0.25) is 10.2 Å². The van der Waals surface area contributed by atoms with E-state index in [1.807, 2.05) is 69.3 Å². The summed E-state index contributed by atoms with van der Waals surface area (Å²) < 4.78 is 5.99. The number of nitrogens with one attached hydrogen (secondary N) is 3. The van der Waals surface area contributed by atoms with E-state index in [9.17, 15) is 4.79 Å². The number of thiocarbonyl (C=S) groups is 1. The zero-order chi connectivity index (χ0) is 22.7. The number of para-hydroxylation sites is 1. The average Bonchev–Trinajstić information content (AvgIpc) is 3.13. The van der Waals surface area contributed by atoms with E-state index in [-0.39, 0.29) is 5.91 Å². The smallest absolute Gasteiger partial charge is 0.291 e. The number of amides is 1. The van der Waals surface area contributed by atoms with Gasteiger partial charge in [0, 0.05) is 28.9 Å². The van der Waals surface area contributed by atoms with Crippen LogP contribution in [0.4, 0.5) is 11.4 Å². The molecule has 1 aliphatic carbocycles. The average molecular weight is 447 g/mol. The Morgan fingerprint density at radius 3 is 2.50 bits per heavy atom. The number of carbonyl (C=O) groups is 1. The maximum atomic E-state index is 12.9. The topological polar surface area (TPSA) is 78.7 Å². The van der Waals surface area contributed by atoms with Crippen LogP contribution < -0.4 is 16.1 Å². The van der Waals surface area contributed by atoms with E-state index in [0.29, 0.717) is 10.9 Å². The van der Waals surface area contributed by atoms with Crippen LogP contribution in [0.25, 0.3) is 0 Å². The zero-order valence-corrected chi connectivity index (χ0v) is 19.2. The maximum absolute atomic E-state index is 12.9. The maximum Gasteiger partial charge on any atom is 0.291 e. The Balaban J connectivity index is 1.51. The fourth-order valence-electron chi connectivity index (χ4n) is 3.80. The third-order valence-corrected chi connectivity index (χ3v) is 5.81. The predicted molar refractivity (Wildman–Crippen MR) is 133 cm³/mol. The van der Waals surface area contributed by atoms with E-state index < -0.39 is 0 Å². The first kappa shape index (κ1) is 21.8. The fraction of sp³-hybridized carbons (Fsp3) is 0.240. The number of carbonyl (C=O) groups excluding carboxylic acids is 1. The molecule has 6 nitrogen and oxygen atoms in total. The molecule has 1 aromatic heterocycles. The minimum atomic E-state index is -0.256. The molecule has 0 saturated heterocycles. The lowest BCUT2D eigenvalue weighted by Gasteiger charge is -2.14.